The van der Waals surface area contributed by atoms with E-state index in [-0.39, 0.29) is 12.5 Å². The van der Waals surface area contributed by atoms with Crippen LogP contribution in [0.15, 0.2) is 66.9 Å². The molecule has 174 valence electrons. The molecule has 0 saturated heterocycles. The summed E-state index contributed by atoms with van der Waals surface area (Å²) in [6.45, 7) is 3.60. The predicted octanol–water partition coefficient (Wildman–Crippen LogP) is 5.39. The van der Waals surface area contributed by atoms with Gasteiger partial charge in [-0.05, 0) is 61.7 Å². The molecule has 6 heteroatoms. The lowest BCUT2D eigenvalue weighted by Gasteiger charge is -2.19. The topological polar surface area (TPSA) is 76.4 Å². The highest BCUT2D eigenvalue weighted by atomic mass is 16.5. The third kappa shape index (κ3) is 4.76. The van der Waals surface area contributed by atoms with Crippen LogP contribution in [0.1, 0.15) is 41.4 Å². The van der Waals surface area contributed by atoms with Crippen LogP contribution in [0.25, 0.3) is 10.9 Å². The van der Waals surface area contributed by atoms with Gasteiger partial charge in [-0.3, -0.25) is 9.78 Å². The van der Waals surface area contributed by atoms with E-state index in [2.05, 4.69) is 17.4 Å². The second-order valence-corrected chi connectivity index (χ2v) is 8.89. The number of carboxylic acid groups (broad SMARTS) is 1. The largest absolute Gasteiger partial charge is 0.493 e. The number of pyridine rings is 1. The van der Waals surface area contributed by atoms with Gasteiger partial charge in [0, 0.05) is 35.8 Å². The number of aryl methyl sites for hydroxylation is 2. The van der Waals surface area contributed by atoms with Crippen molar-refractivity contribution in [3.05, 3.63) is 89.4 Å². The highest BCUT2D eigenvalue weighted by Gasteiger charge is 2.19. The van der Waals surface area contributed by atoms with Crippen LogP contribution in [-0.2, 0) is 17.6 Å². The minimum Gasteiger partial charge on any atom is -0.493 e. The van der Waals surface area contributed by atoms with Gasteiger partial charge in [0.15, 0.2) is 0 Å². The summed E-state index contributed by atoms with van der Waals surface area (Å²) in [5.41, 5.74) is 6.47. The predicted molar refractivity (Wildman–Crippen MR) is 134 cm³/mol. The van der Waals surface area contributed by atoms with Crippen molar-refractivity contribution in [1.82, 2.24) is 9.55 Å². The summed E-state index contributed by atoms with van der Waals surface area (Å²) >= 11 is 0. The average molecular weight is 456 g/mol. The zero-order chi connectivity index (χ0) is 23.5. The van der Waals surface area contributed by atoms with Crippen molar-refractivity contribution < 1.29 is 14.6 Å². The molecule has 5 rings (SSSR count). The van der Waals surface area contributed by atoms with Gasteiger partial charge in [0.2, 0.25) is 0 Å². The molecule has 0 amide bonds. The van der Waals surface area contributed by atoms with Crippen LogP contribution in [0.4, 0.5) is 5.69 Å². The van der Waals surface area contributed by atoms with E-state index in [9.17, 15) is 9.90 Å². The normalized spacial score (nSPS) is 13.8. The van der Waals surface area contributed by atoms with E-state index in [1.165, 1.54) is 0 Å². The van der Waals surface area contributed by atoms with Crippen molar-refractivity contribution in [3.63, 3.8) is 0 Å². The molecule has 0 radical (unpaired) electrons. The van der Waals surface area contributed by atoms with Gasteiger partial charge >= 0.3 is 5.97 Å². The van der Waals surface area contributed by atoms with E-state index in [1.54, 1.807) is 0 Å². The number of carbonyl (C=O) groups is 1. The van der Waals surface area contributed by atoms with Crippen molar-refractivity contribution in [2.75, 3.05) is 18.5 Å². The number of carboxylic acids is 1. The Morgan fingerprint density at radius 2 is 2.00 bits per heavy atom. The third-order valence-electron chi connectivity index (χ3n) is 6.42. The molecule has 0 bridgehead atoms. The van der Waals surface area contributed by atoms with Crippen LogP contribution in [0.3, 0.4) is 0 Å². The van der Waals surface area contributed by atoms with Crippen molar-refractivity contribution >= 4 is 22.6 Å². The lowest BCUT2D eigenvalue weighted by Crippen LogP contribution is -2.14. The molecule has 2 N–H and O–H groups in total. The molecule has 34 heavy (non-hydrogen) atoms. The summed E-state index contributed by atoms with van der Waals surface area (Å²) < 4.78 is 8.08. The standard InChI is InChI=1S/C28H29N3O3/c1-19-4-6-20(7-5-19)27(18-28(32)33)31-15-12-21-17-23(9-11-26(21)31)34-16-13-22-8-10-24-25(30-22)3-2-14-29-24/h4-12,15,17,27,29H,2-3,13-14,16,18H2,1H3,(H,32,33). The van der Waals surface area contributed by atoms with Crippen LogP contribution in [0.5, 0.6) is 5.75 Å². The van der Waals surface area contributed by atoms with Crippen LogP contribution in [0.2, 0.25) is 0 Å². The Balaban J connectivity index is 1.30. The molecule has 2 aromatic heterocycles. The zero-order valence-corrected chi connectivity index (χ0v) is 19.3. The fourth-order valence-electron chi connectivity index (χ4n) is 4.62. The molecule has 0 saturated carbocycles. The highest BCUT2D eigenvalue weighted by molar-refractivity contribution is 5.82. The lowest BCUT2D eigenvalue weighted by atomic mass is 10.0. The Morgan fingerprint density at radius 3 is 2.82 bits per heavy atom. The van der Waals surface area contributed by atoms with E-state index >= 15 is 0 Å². The van der Waals surface area contributed by atoms with Gasteiger partial charge in [-0.25, -0.2) is 0 Å². The summed E-state index contributed by atoms with van der Waals surface area (Å²) in [6.07, 6.45) is 4.88. The van der Waals surface area contributed by atoms with Gasteiger partial charge in [0.1, 0.15) is 5.75 Å². The number of ether oxygens (including phenoxy) is 1. The van der Waals surface area contributed by atoms with Crippen molar-refractivity contribution in [2.24, 2.45) is 0 Å². The molecule has 2 aromatic carbocycles. The first-order valence-corrected chi connectivity index (χ1v) is 11.8. The van der Waals surface area contributed by atoms with Gasteiger partial charge in [0.25, 0.3) is 0 Å². The Hall–Kier alpha value is -3.80. The number of aliphatic carboxylic acids is 1. The Morgan fingerprint density at radius 1 is 1.15 bits per heavy atom. The molecule has 6 nitrogen and oxygen atoms in total. The molecular weight excluding hydrogens is 426 g/mol. The fraction of sp³-hybridized carbons (Fsp3) is 0.286. The Labute approximate surface area is 199 Å². The second-order valence-electron chi connectivity index (χ2n) is 8.89. The Bertz CT molecular complexity index is 1310. The van der Waals surface area contributed by atoms with E-state index < -0.39 is 5.97 Å². The minimum absolute atomic E-state index is 0.0222. The summed E-state index contributed by atoms with van der Waals surface area (Å²) in [5, 5.41) is 13.9. The molecule has 1 aliphatic heterocycles. The molecule has 1 aliphatic rings. The number of rotatable bonds is 8. The average Bonchev–Trinajstić information content (AvgIpc) is 3.26. The molecule has 0 aliphatic carbocycles. The monoisotopic (exact) mass is 455 g/mol. The summed E-state index contributed by atoms with van der Waals surface area (Å²) in [4.78, 5) is 16.4. The second kappa shape index (κ2) is 9.59. The number of nitrogens with zero attached hydrogens (tertiary/aromatic N) is 2. The maximum Gasteiger partial charge on any atom is 0.305 e. The van der Waals surface area contributed by atoms with E-state index in [0.717, 1.165) is 70.7 Å². The molecular formula is C28H29N3O3. The molecule has 0 spiro atoms. The number of nitrogens with one attached hydrogen (secondary N) is 1. The smallest absolute Gasteiger partial charge is 0.305 e. The zero-order valence-electron chi connectivity index (χ0n) is 19.3. The van der Waals surface area contributed by atoms with Gasteiger partial charge in [-0.15, -0.1) is 0 Å². The summed E-state index contributed by atoms with van der Waals surface area (Å²) in [5.74, 6) is -0.0195. The Kier molecular flexibility index (Phi) is 6.21. The molecule has 0 fully saturated rings. The van der Waals surface area contributed by atoms with Crippen LogP contribution < -0.4 is 10.1 Å². The number of benzene rings is 2. The fourth-order valence-corrected chi connectivity index (χ4v) is 4.62. The lowest BCUT2D eigenvalue weighted by molar-refractivity contribution is -0.137. The molecule has 3 heterocycles. The number of aromatic nitrogens is 2. The third-order valence-corrected chi connectivity index (χ3v) is 6.42. The SMILES string of the molecule is Cc1ccc(C(CC(=O)O)n2ccc3cc(OCCc4ccc5c(n4)CCCN5)ccc32)cc1. The van der Waals surface area contributed by atoms with Gasteiger partial charge < -0.3 is 19.7 Å². The molecule has 1 atom stereocenters. The summed E-state index contributed by atoms with van der Waals surface area (Å²) in [7, 11) is 0. The maximum atomic E-state index is 11.6. The van der Waals surface area contributed by atoms with Crippen molar-refractivity contribution in [2.45, 2.75) is 38.6 Å². The first-order valence-electron chi connectivity index (χ1n) is 11.8. The highest BCUT2D eigenvalue weighted by Crippen LogP contribution is 2.30. The maximum absolute atomic E-state index is 11.6. The van der Waals surface area contributed by atoms with Gasteiger partial charge in [0.05, 0.1) is 30.5 Å². The minimum atomic E-state index is -0.820. The first kappa shape index (κ1) is 22.0. The van der Waals surface area contributed by atoms with Gasteiger partial charge in [-0.2, -0.15) is 0 Å². The van der Waals surface area contributed by atoms with Crippen LogP contribution >= 0.6 is 0 Å². The van der Waals surface area contributed by atoms with E-state index in [0.29, 0.717) is 6.61 Å². The van der Waals surface area contributed by atoms with E-state index in [1.807, 2.05) is 66.2 Å². The summed E-state index contributed by atoms with van der Waals surface area (Å²) in [6, 6.07) is 20.0. The quantitative estimate of drug-likeness (QED) is 0.373. The molecule has 4 aromatic rings. The van der Waals surface area contributed by atoms with Crippen LogP contribution in [0, 0.1) is 6.92 Å². The van der Waals surface area contributed by atoms with E-state index in [4.69, 9.17) is 9.72 Å². The number of fused-ring (bicyclic) bond motifs is 2. The molecule has 1 unspecified atom stereocenters. The van der Waals surface area contributed by atoms with Crippen molar-refractivity contribution in [3.8, 4) is 5.75 Å². The van der Waals surface area contributed by atoms with Crippen molar-refractivity contribution in [1.29, 1.82) is 0 Å². The number of hydrogen-bond donors (Lipinski definition) is 2. The number of hydrogen-bond acceptors (Lipinski definition) is 4. The number of anilines is 1. The first-order chi connectivity index (χ1) is 16.6. The van der Waals surface area contributed by atoms with Gasteiger partial charge in [-0.1, -0.05) is 29.8 Å². The van der Waals surface area contributed by atoms with Crippen LogP contribution in [-0.4, -0.2) is 33.8 Å².